The van der Waals surface area contributed by atoms with Crippen LogP contribution < -0.4 is 5.73 Å². The van der Waals surface area contributed by atoms with Crippen LogP contribution in [-0.2, 0) is 0 Å². The van der Waals surface area contributed by atoms with Crippen molar-refractivity contribution in [1.29, 1.82) is 0 Å². The van der Waals surface area contributed by atoms with E-state index in [1.165, 1.54) is 24.8 Å². The van der Waals surface area contributed by atoms with Crippen LogP contribution in [0.15, 0.2) is 24.3 Å². The number of hydrogen-bond donors (Lipinski definition) is 1. The van der Waals surface area contributed by atoms with Crippen molar-refractivity contribution in [1.82, 2.24) is 4.90 Å². The molecule has 0 radical (unpaired) electrons. The van der Waals surface area contributed by atoms with Gasteiger partial charge in [0.25, 0.3) is 0 Å². The van der Waals surface area contributed by atoms with Crippen LogP contribution >= 0.6 is 11.6 Å². The van der Waals surface area contributed by atoms with Gasteiger partial charge in [0.1, 0.15) is 0 Å². The molecule has 0 spiro atoms. The first-order chi connectivity index (χ1) is 8.69. The van der Waals surface area contributed by atoms with Crippen molar-refractivity contribution in [3.05, 3.63) is 34.9 Å². The van der Waals surface area contributed by atoms with E-state index >= 15 is 0 Å². The Morgan fingerprint density at radius 2 is 2.11 bits per heavy atom. The maximum Gasteiger partial charge on any atom is 0.0490 e. The fourth-order valence-electron chi connectivity index (χ4n) is 3.22. The lowest BCUT2D eigenvalue weighted by molar-refractivity contribution is 0.137. The highest BCUT2D eigenvalue weighted by Crippen LogP contribution is 2.36. The molecule has 1 aliphatic heterocycles. The zero-order chi connectivity index (χ0) is 13.1. The number of likely N-dealkylation sites (tertiary alicyclic amines) is 1. The van der Waals surface area contributed by atoms with E-state index in [1.54, 1.807) is 0 Å². The summed E-state index contributed by atoms with van der Waals surface area (Å²) >= 11 is 6.33. The van der Waals surface area contributed by atoms with Crippen LogP contribution in [0.2, 0.25) is 5.02 Å². The molecular formula is C15H23ClN2. The Morgan fingerprint density at radius 1 is 1.39 bits per heavy atom. The molecule has 100 valence electrons. The number of benzene rings is 1. The molecule has 2 nitrogen and oxygen atoms in total. The van der Waals surface area contributed by atoms with Crippen molar-refractivity contribution in [2.75, 3.05) is 6.54 Å². The summed E-state index contributed by atoms with van der Waals surface area (Å²) in [7, 11) is 0. The number of nitrogens with two attached hydrogens (primary N) is 1. The second-order valence-electron chi connectivity index (χ2n) is 5.21. The standard InChI is InChI=1S/C15H23ClN2/c1-3-12-9-8-11(2)18(12)15(10-17)13-6-4-5-7-14(13)16/h4-7,11-12,15H,3,8-10,17H2,1-2H3. The molecule has 2 rings (SSSR count). The van der Waals surface area contributed by atoms with Crippen molar-refractivity contribution >= 4 is 11.6 Å². The Balaban J connectivity index is 2.30. The SMILES string of the molecule is CCC1CCC(C)N1C(CN)c1ccccc1Cl. The zero-order valence-corrected chi connectivity index (χ0v) is 12.0. The summed E-state index contributed by atoms with van der Waals surface area (Å²) in [4.78, 5) is 2.57. The molecule has 0 aromatic heterocycles. The normalized spacial score (nSPS) is 26.4. The summed E-state index contributed by atoms with van der Waals surface area (Å²) in [5, 5.41) is 0.835. The first kappa shape index (κ1) is 13.9. The van der Waals surface area contributed by atoms with Crippen molar-refractivity contribution in [3.8, 4) is 0 Å². The Morgan fingerprint density at radius 3 is 2.72 bits per heavy atom. The molecule has 3 heteroatoms. The zero-order valence-electron chi connectivity index (χ0n) is 11.3. The van der Waals surface area contributed by atoms with E-state index < -0.39 is 0 Å². The van der Waals surface area contributed by atoms with Gasteiger partial charge in [0.05, 0.1) is 0 Å². The lowest BCUT2D eigenvalue weighted by Crippen LogP contribution is -2.41. The second-order valence-corrected chi connectivity index (χ2v) is 5.62. The minimum atomic E-state index is 0.251. The number of halogens is 1. The molecule has 1 aliphatic rings. The summed E-state index contributed by atoms with van der Waals surface area (Å²) in [5.74, 6) is 0. The van der Waals surface area contributed by atoms with Crippen molar-refractivity contribution in [2.24, 2.45) is 5.73 Å². The van der Waals surface area contributed by atoms with Gasteiger partial charge < -0.3 is 5.73 Å². The summed E-state index contributed by atoms with van der Waals surface area (Å²) in [6.45, 7) is 5.19. The predicted molar refractivity (Wildman–Crippen MR) is 77.9 cm³/mol. The molecule has 0 bridgehead atoms. The smallest absolute Gasteiger partial charge is 0.0490 e. The van der Waals surface area contributed by atoms with Gasteiger partial charge in [0, 0.05) is 29.7 Å². The van der Waals surface area contributed by atoms with Crippen molar-refractivity contribution in [3.63, 3.8) is 0 Å². The fraction of sp³-hybridized carbons (Fsp3) is 0.600. The average molecular weight is 267 g/mol. The second kappa shape index (κ2) is 6.05. The van der Waals surface area contributed by atoms with Gasteiger partial charge in [-0.2, -0.15) is 0 Å². The van der Waals surface area contributed by atoms with E-state index in [4.69, 9.17) is 17.3 Å². The molecule has 2 N–H and O–H groups in total. The third kappa shape index (κ3) is 2.56. The van der Waals surface area contributed by atoms with E-state index in [0.717, 1.165) is 5.02 Å². The highest BCUT2D eigenvalue weighted by molar-refractivity contribution is 6.31. The van der Waals surface area contributed by atoms with Gasteiger partial charge in [-0.25, -0.2) is 0 Å². The van der Waals surface area contributed by atoms with E-state index in [-0.39, 0.29) is 6.04 Å². The topological polar surface area (TPSA) is 29.3 Å². The maximum absolute atomic E-state index is 6.33. The van der Waals surface area contributed by atoms with Gasteiger partial charge in [0.2, 0.25) is 0 Å². The highest BCUT2D eigenvalue weighted by atomic mass is 35.5. The molecule has 1 heterocycles. The Hall–Kier alpha value is -0.570. The summed E-state index contributed by atoms with van der Waals surface area (Å²) in [6, 6.07) is 9.58. The van der Waals surface area contributed by atoms with Crippen LogP contribution in [-0.4, -0.2) is 23.5 Å². The Kier molecular flexibility index (Phi) is 4.66. The van der Waals surface area contributed by atoms with E-state index in [1.807, 2.05) is 18.2 Å². The molecule has 3 atom stereocenters. The van der Waals surface area contributed by atoms with Gasteiger partial charge in [-0.3, -0.25) is 4.90 Å². The molecule has 3 unspecified atom stereocenters. The molecule has 1 aromatic rings. The number of hydrogen-bond acceptors (Lipinski definition) is 2. The van der Waals surface area contributed by atoms with Crippen LogP contribution in [0.4, 0.5) is 0 Å². The summed E-state index contributed by atoms with van der Waals surface area (Å²) in [6.07, 6.45) is 3.73. The maximum atomic E-state index is 6.33. The lowest BCUT2D eigenvalue weighted by Gasteiger charge is -2.36. The molecule has 1 saturated heterocycles. The fourth-order valence-corrected chi connectivity index (χ4v) is 3.48. The van der Waals surface area contributed by atoms with Gasteiger partial charge in [0.15, 0.2) is 0 Å². The molecule has 18 heavy (non-hydrogen) atoms. The molecular weight excluding hydrogens is 244 g/mol. The monoisotopic (exact) mass is 266 g/mol. The van der Waals surface area contributed by atoms with Gasteiger partial charge in [-0.15, -0.1) is 0 Å². The predicted octanol–water partition coefficient (Wildman–Crippen LogP) is 3.60. The van der Waals surface area contributed by atoms with Crippen molar-refractivity contribution < 1.29 is 0 Å². The van der Waals surface area contributed by atoms with E-state index in [9.17, 15) is 0 Å². The molecule has 0 saturated carbocycles. The van der Waals surface area contributed by atoms with Crippen molar-refractivity contribution in [2.45, 2.75) is 51.2 Å². The van der Waals surface area contributed by atoms with Gasteiger partial charge >= 0.3 is 0 Å². The number of nitrogens with zero attached hydrogens (tertiary/aromatic N) is 1. The molecule has 1 aromatic carbocycles. The quantitative estimate of drug-likeness (QED) is 0.902. The van der Waals surface area contributed by atoms with Crippen LogP contribution in [0.5, 0.6) is 0 Å². The van der Waals surface area contributed by atoms with Crippen LogP contribution in [0.1, 0.15) is 44.7 Å². The molecule has 1 fully saturated rings. The van der Waals surface area contributed by atoms with Gasteiger partial charge in [-0.05, 0) is 37.8 Å². The lowest BCUT2D eigenvalue weighted by atomic mass is 10.0. The Bertz CT molecular complexity index is 394. The van der Waals surface area contributed by atoms with Crippen LogP contribution in [0.3, 0.4) is 0 Å². The summed E-state index contributed by atoms with van der Waals surface area (Å²) in [5.41, 5.74) is 7.21. The largest absolute Gasteiger partial charge is 0.329 e. The van der Waals surface area contributed by atoms with Gasteiger partial charge in [-0.1, -0.05) is 36.7 Å². The van der Waals surface area contributed by atoms with Crippen LogP contribution in [0.25, 0.3) is 0 Å². The Labute approximate surface area is 115 Å². The third-order valence-electron chi connectivity index (χ3n) is 4.17. The minimum absolute atomic E-state index is 0.251. The number of rotatable bonds is 4. The molecule has 0 amide bonds. The van der Waals surface area contributed by atoms with E-state index in [2.05, 4.69) is 24.8 Å². The highest BCUT2D eigenvalue weighted by Gasteiger charge is 2.35. The minimum Gasteiger partial charge on any atom is -0.329 e. The average Bonchev–Trinajstić information content (AvgIpc) is 2.74. The van der Waals surface area contributed by atoms with E-state index in [0.29, 0.717) is 18.6 Å². The summed E-state index contributed by atoms with van der Waals surface area (Å²) < 4.78 is 0. The van der Waals surface area contributed by atoms with Crippen LogP contribution in [0, 0.1) is 0 Å². The molecule has 0 aliphatic carbocycles. The first-order valence-electron chi connectivity index (χ1n) is 6.91. The third-order valence-corrected chi connectivity index (χ3v) is 4.51. The first-order valence-corrected chi connectivity index (χ1v) is 7.28.